The number of rotatable bonds is 4. The molecule has 1 aromatic carbocycles. The lowest BCUT2D eigenvalue weighted by Crippen LogP contribution is -2.34. The summed E-state index contributed by atoms with van der Waals surface area (Å²) < 4.78 is 6.66. The number of nitrogens with one attached hydrogen (secondary N) is 2. The van der Waals surface area contributed by atoms with E-state index in [1.807, 2.05) is 0 Å². The average molecular weight is 561 g/mol. The summed E-state index contributed by atoms with van der Waals surface area (Å²) in [6, 6.07) is 3.42. The summed E-state index contributed by atoms with van der Waals surface area (Å²) in [6.45, 7) is 2.19. The van der Waals surface area contributed by atoms with Gasteiger partial charge < -0.3 is 15.8 Å². The number of carbonyl (C=O) groups excluding carboxylic acids is 2. The molecule has 0 radical (unpaired) electrons. The maximum atomic E-state index is 12.7. The number of halogens is 2. The Balaban J connectivity index is 1.82. The Morgan fingerprint density at radius 3 is 2.72 bits per heavy atom. The molecule has 1 aliphatic carbocycles. The highest BCUT2D eigenvalue weighted by atomic mass is 79.9. The van der Waals surface area contributed by atoms with E-state index in [0.717, 1.165) is 29.7 Å². The van der Waals surface area contributed by atoms with Crippen LogP contribution < -0.4 is 21.1 Å². The Kier molecular flexibility index (Phi) is 6.98. The third kappa shape index (κ3) is 4.82. The van der Waals surface area contributed by atoms with Crippen molar-refractivity contribution < 1.29 is 14.3 Å². The first kappa shape index (κ1) is 22.2. The van der Waals surface area contributed by atoms with Gasteiger partial charge >= 0.3 is 0 Å². The van der Waals surface area contributed by atoms with Crippen LogP contribution in [0.2, 0.25) is 0 Å². The van der Waals surface area contributed by atoms with Gasteiger partial charge in [-0.2, -0.15) is 0 Å². The molecule has 0 bridgehead atoms. The summed E-state index contributed by atoms with van der Waals surface area (Å²) in [4.78, 5) is 25.9. The molecule has 2 aromatic rings. The zero-order chi connectivity index (χ0) is 21.3. The fourth-order valence-electron chi connectivity index (χ4n) is 3.34. The molecule has 1 atom stereocenters. The molecular weight excluding hydrogens is 542 g/mol. The summed E-state index contributed by atoms with van der Waals surface area (Å²) in [5, 5.41) is 6.29. The van der Waals surface area contributed by atoms with Gasteiger partial charge in [0.1, 0.15) is 10.8 Å². The third-order valence-corrected chi connectivity index (χ3v) is 7.09. The Hall–Kier alpha value is -1.49. The number of thiophene rings is 1. The molecule has 154 valence electrons. The number of methoxy groups -OCH3 is 1. The van der Waals surface area contributed by atoms with Crippen molar-refractivity contribution >= 4 is 77.3 Å². The molecule has 1 aromatic heterocycles. The van der Waals surface area contributed by atoms with E-state index < -0.39 is 11.8 Å². The summed E-state index contributed by atoms with van der Waals surface area (Å²) >= 11 is 13.5. The van der Waals surface area contributed by atoms with Crippen LogP contribution >= 0.6 is 55.4 Å². The zero-order valence-corrected chi connectivity index (χ0v) is 20.5. The van der Waals surface area contributed by atoms with Crippen LogP contribution in [0.15, 0.2) is 21.1 Å². The summed E-state index contributed by atoms with van der Waals surface area (Å²) in [6.07, 6.45) is 2.74. The molecule has 4 N–H and O–H groups in total. The molecule has 29 heavy (non-hydrogen) atoms. The number of benzene rings is 1. The Labute approximate surface area is 194 Å². The van der Waals surface area contributed by atoms with Gasteiger partial charge in [-0.1, -0.05) is 22.9 Å². The first-order chi connectivity index (χ1) is 13.7. The highest BCUT2D eigenvalue weighted by Gasteiger charge is 2.27. The van der Waals surface area contributed by atoms with E-state index in [2.05, 4.69) is 49.4 Å². The van der Waals surface area contributed by atoms with E-state index in [0.29, 0.717) is 36.7 Å². The Morgan fingerprint density at radius 1 is 1.34 bits per heavy atom. The van der Waals surface area contributed by atoms with Gasteiger partial charge in [-0.05, 0) is 71.0 Å². The topological polar surface area (TPSA) is 93.4 Å². The van der Waals surface area contributed by atoms with Gasteiger partial charge in [0.25, 0.3) is 11.8 Å². The number of amides is 2. The molecule has 0 fully saturated rings. The van der Waals surface area contributed by atoms with E-state index in [1.165, 1.54) is 18.4 Å². The number of anilines is 1. The predicted molar refractivity (Wildman–Crippen MR) is 126 cm³/mol. The van der Waals surface area contributed by atoms with Crippen molar-refractivity contribution in [3.63, 3.8) is 0 Å². The highest BCUT2D eigenvalue weighted by Crippen LogP contribution is 2.39. The molecule has 1 heterocycles. The van der Waals surface area contributed by atoms with E-state index in [9.17, 15) is 9.59 Å². The first-order valence-electron chi connectivity index (χ1n) is 8.81. The number of ether oxygens (including phenoxy) is 1. The van der Waals surface area contributed by atoms with E-state index in [-0.39, 0.29) is 5.11 Å². The number of hydrogen-bond acceptors (Lipinski definition) is 5. The van der Waals surface area contributed by atoms with Gasteiger partial charge in [0, 0.05) is 9.35 Å². The van der Waals surface area contributed by atoms with Gasteiger partial charge in [-0.15, -0.1) is 11.3 Å². The number of primary amides is 1. The fraction of sp³-hybridized carbons (Fsp3) is 0.316. The number of fused-ring (bicyclic) bond motifs is 1. The molecule has 0 saturated carbocycles. The monoisotopic (exact) mass is 559 g/mol. The second-order valence-corrected chi connectivity index (χ2v) is 10.1. The van der Waals surface area contributed by atoms with Crippen molar-refractivity contribution in [2.75, 3.05) is 12.4 Å². The summed E-state index contributed by atoms with van der Waals surface area (Å²) in [7, 11) is 1.48. The minimum absolute atomic E-state index is 0.0855. The van der Waals surface area contributed by atoms with Crippen molar-refractivity contribution in [2.24, 2.45) is 11.7 Å². The SMILES string of the molecule is COc1c(Br)cc(Br)cc1C(=O)NC(=S)Nc1sc2c(c1C(N)=O)CC[C@@H](C)C2. The van der Waals surface area contributed by atoms with Crippen LogP contribution in [0, 0.1) is 5.92 Å². The molecule has 0 saturated heterocycles. The van der Waals surface area contributed by atoms with Crippen molar-refractivity contribution in [2.45, 2.75) is 26.2 Å². The number of hydrogen-bond donors (Lipinski definition) is 3. The predicted octanol–water partition coefficient (Wildman–Crippen LogP) is 4.63. The van der Waals surface area contributed by atoms with Gasteiger partial charge in [-0.3, -0.25) is 14.9 Å². The molecule has 6 nitrogen and oxygen atoms in total. The second-order valence-electron chi connectivity index (χ2n) is 6.80. The lowest BCUT2D eigenvalue weighted by atomic mass is 9.88. The van der Waals surface area contributed by atoms with Gasteiger partial charge in [-0.25, -0.2) is 0 Å². The maximum absolute atomic E-state index is 12.7. The zero-order valence-electron chi connectivity index (χ0n) is 15.7. The van der Waals surface area contributed by atoms with Crippen LogP contribution in [0.4, 0.5) is 5.00 Å². The van der Waals surface area contributed by atoms with Crippen LogP contribution in [-0.2, 0) is 12.8 Å². The molecule has 3 rings (SSSR count). The molecule has 0 spiro atoms. The summed E-state index contributed by atoms with van der Waals surface area (Å²) in [5.74, 6) is 0.0268. The smallest absolute Gasteiger partial charge is 0.261 e. The minimum atomic E-state index is -0.494. The molecule has 10 heteroatoms. The fourth-order valence-corrected chi connectivity index (χ4v) is 6.41. The highest BCUT2D eigenvalue weighted by molar-refractivity contribution is 9.11. The molecule has 0 aliphatic heterocycles. The van der Waals surface area contributed by atoms with Crippen molar-refractivity contribution in [1.29, 1.82) is 0 Å². The lowest BCUT2D eigenvalue weighted by molar-refractivity contribution is 0.0972. The van der Waals surface area contributed by atoms with E-state index in [4.69, 9.17) is 22.7 Å². The van der Waals surface area contributed by atoms with Crippen molar-refractivity contribution in [1.82, 2.24) is 5.32 Å². The number of thiocarbonyl (C=S) groups is 1. The van der Waals surface area contributed by atoms with Crippen LogP contribution in [0.5, 0.6) is 5.75 Å². The lowest BCUT2D eigenvalue weighted by Gasteiger charge is -2.18. The maximum Gasteiger partial charge on any atom is 0.261 e. The van der Waals surface area contributed by atoms with Crippen LogP contribution in [0.3, 0.4) is 0 Å². The summed E-state index contributed by atoms with van der Waals surface area (Å²) in [5.41, 5.74) is 7.40. The van der Waals surface area contributed by atoms with Crippen LogP contribution in [0.1, 0.15) is 44.5 Å². The normalized spacial score (nSPS) is 15.4. The Morgan fingerprint density at radius 2 is 2.07 bits per heavy atom. The molecule has 0 unspecified atom stereocenters. The van der Waals surface area contributed by atoms with Crippen molar-refractivity contribution in [3.8, 4) is 5.75 Å². The molecule has 1 aliphatic rings. The van der Waals surface area contributed by atoms with Gasteiger partial charge in [0.15, 0.2) is 5.11 Å². The number of carbonyl (C=O) groups is 2. The van der Waals surface area contributed by atoms with E-state index in [1.54, 1.807) is 12.1 Å². The Bertz CT molecular complexity index is 1010. The molecule has 2 amide bonds. The quantitative estimate of drug-likeness (QED) is 0.474. The third-order valence-electron chi connectivity index (χ3n) is 4.67. The standard InChI is InChI=1S/C19H19Br2N3O3S2/c1-8-3-4-10-13(5-8)29-18(14(10)16(22)25)24-19(28)23-17(26)11-6-9(20)7-12(21)15(11)27-2/h6-8H,3-5H2,1-2H3,(H2,22,25)(H2,23,24,26,28)/t8-/m1/s1. The second kappa shape index (κ2) is 9.11. The van der Waals surface area contributed by atoms with Crippen LogP contribution in [0.25, 0.3) is 0 Å². The van der Waals surface area contributed by atoms with Gasteiger partial charge in [0.05, 0.1) is 22.7 Å². The number of nitrogens with two attached hydrogens (primary N) is 1. The largest absolute Gasteiger partial charge is 0.495 e. The molecular formula is C19H19Br2N3O3S2. The van der Waals surface area contributed by atoms with Crippen molar-refractivity contribution in [3.05, 3.63) is 42.6 Å². The van der Waals surface area contributed by atoms with Gasteiger partial charge in [0.2, 0.25) is 0 Å². The minimum Gasteiger partial charge on any atom is -0.495 e. The van der Waals surface area contributed by atoms with E-state index >= 15 is 0 Å². The van der Waals surface area contributed by atoms with Crippen LogP contribution in [-0.4, -0.2) is 24.0 Å². The first-order valence-corrected chi connectivity index (χ1v) is 11.6. The average Bonchev–Trinajstić information content (AvgIpc) is 2.97.